The third kappa shape index (κ3) is 5.00. The minimum absolute atomic E-state index is 0.142. The van der Waals surface area contributed by atoms with Crippen molar-refractivity contribution >= 4 is 17.6 Å². The van der Waals surface area contributed by atoms with Gasteiger partial charge in [-0.2, -0.15) is 5.10 Å². The Morgan fingerprint density at radius 3 is 2.55 bits per heavy atom. The molecule has 0 saturated carbocycles. The number of pyridine rings is 1. The molecule has 2 aromatic carbocycles. The molecular weight excluding hydrogens is 486 g/mol. The van der Waals surface area contributed by atoms with E-state index < -0.39 is 11.9 Å². The van der Waals surface area contributed by atoms with Crippen molar-refractivity contribution in [2.45, 2.75) is 6.92 Å². The number of aromatic nitrogens is 4. The zero-order valence-corrected chi connectivity index (χ0v) is 20.6. The second-order valence-corrected chi connectivity index (χ2v) is 8.03. The maximum absolute atomic E-state index is 13.1. The Kier molecular flexibility index (Phi) is 6.94. The summed E-state index contributed by atoms with van der Waals surface area (Å²) in [6.45, 7) is 1.96. The van der Waals surface area contributed by atoms with Gasteiger partial charge < -0.3 is 19.2 Å². The highest BCUT2D eigenvalue weighted by Gasteiger charge is 2.21. The van der Waals surface area contributed by atoms with Crippen molar-refractivity contribution in [1.29, 1.82) is 0 Å². The van der Waals surface area contributed by atoms with Gasteiger partial charge >= 0.3 is 5.97 Å². The maximum Gasteiger partial charge on any atom is 0.358 e. The fourth-order valence-corrected chi connectivity index (χ4v) is 3.85. The van der Waals surface area contributed by atoms with Crippen LogP contribution in [0.15, 0.2) is 89.8 Å². The van der Waals surface area contributed by atoms with Gasteiger partial charge in [-0.25, -0.2) is 19.4 Å². The lowest BCUT2D eigenvalue weighted by Gasteiger charge is -2.09. The van der Waals surface area contributed by atoms with E-state index in [2.05, 4.69) is 20.4 Å². The normalized spacial score (nSPS) is 10.7. The van der Waals surface area contributed by atoms with E-state index in [1.165, 1.54) is 6.39 Å². The Bertz CT molecular complexity index is 1580. The maximum atomic E-state index is 13.1. The van der Waals surface area contributed by atoms with Crippen LogP contribution < -0.4 is 10.1 Å². The number of nitrogens with zero attached hydrogens (tertiary/aromatic N) is 4. The second-order valence-electron chi connectivity index (χ2n) is 8.03. The summed E-state index contributed by atoms with van der Waals surface area (Å²) < 4.78 is 17.4. The van der Waals surface area contributed by atoms with Crippen LogP contribution >= 0.6 is 0 Å². The number of nitrogens with one attached hydrogen (secondary N) is 1. The Morgan fingerprint density at radius 1 is 0.974 bits per heavy atom. The molecule has 0 bridgehead atoms. The molecule has 10 heteroatoms. The van der Waals surface area contributed by atoms with Crippen LogP contribution in [0.1, 0.15) is 27.9 Å². The largest absolute Gasteiger partial charge is 0.497 e. The van der Waals surface area contributed by atoms with Gasteiger partial charge in [-0.15, -0.1) is 0 Å². The quantitative estimate of drug-likeness (QED) is 0.289. The Hall–Kier alpha value is -5.25. The summed E-state index contributed by atoms with van der Waals surface area (Å²) in [6, 6.07) is 21.3. The van der Waals surface area contributed by atoms with Gasteiger partial charge in [-0.05, 0) is 61.5 Å². The summed E-state index contributed by atoms with van der Waals surface area (Å²) >= 11 is 0. The Balaban J connectivity index is 1.45. The van der Waals surface area contributed by atoms with Crippen LogP contribution in [0.25, 0.3) is 28.4 Å². The molecule has 1 N–H and O–H groups in total. The molecule has 3 aromatic heterocycles. The van der Waals surface area contributed by atoms with Crippen LogP contribution in [-0.2, 0) is 4.74 Å². The van der Waals surface area contributed by atoms with E-state index in [-0.39, 0.29) is 18.0 Å². The molecule has 38 heavy (non-hydrogen) atoms. The van der Waals surface area contributed by atoms with Gasteiger partial charge in [0.05, 0.1) is 19.4 Å². The number of rotatable bonds is 8. The molecule has 0 aliphatic carbocycles. The smallest absolute Gasteiger partial charge is 0.358 e. The number of anilines is 1. The molecule has 0 aliphatic heterocycles. The van der Waals surface area contributed by atoms with Crippen LogP contribution in [0.5, 0.6) is 5.75 Å². The molecule has 5 aromatic rings. The standard InChI is InChI=1S/C28H23N5O5/c1-3-37-28(35)22-16-23(33(32-22)24-9-4-5-14-29-24)19-7-6-8-20(15-19)31-27(34)25-26(38-17-30-25)18-10-12-21(36-2)13-11-18/h4-17H,3H2,1-2H3,(H,31,34). The summed E-state index contributed by atoms with van der Waals surface area (Å²) in [4.78, 5) is 34.0. The van der Waals surface area contributed by atoms with Gasteiger partial charge in [-0.1, -0.05) is 18.2 Å². The minimum Gasteiger partial charge on any atom is -0.497 e. The first-order chi connectivity index (χ1) is 18.6. The van der Waals surface area contributed by atoms with Crippen LogP contribution in [0.2, 0.25) is 0 Å². The zero-order chi connectivity index (χ0) is 26.5. The number of benzene rings is 2. The first-order valence-electron chi connectivity index (χ1n) is 11.8. The molecule has 0 atom stereocenters. The van der Waals surface area contributed by atoms with Crippen molar-refractivity contribution in [3.8, 4) is 34.1 Å². The highest BCUT2D eigenvalue weighted by Crippen LogP contribution is 2.28. The summed E-state index contributed by atoms with van der Waals surface area (Å²) in [5.74, 6) is 0.581. The van der Waals surface area contributed by atoms with Crippen LogP contribution in [-0.4, -0.2) is 45.3 Å². The highest BCUT2D eigenvalue weighted by molar-refractivity contribution is 6.06. The van der Waals surface area contributed by atoms with E-state index in [0.717, 1.165) is 0 Å². The van der Waals surface area contributed by atoms with E-state index in [1.807, 2.05) is 12.1 Å². The van der Waals surface area contributed by atoms with E-state index in [0.29, 0.717) is 39.8 Å². The van der Waals surface area contributed by atoms with Crippen molar-refractivity contribution in [2.24, 2.45) is 0 Å². The predicted molar refractivity (Wildman–Crippen MR) is 139 cm³/mol. The molecule has 0 unspecified atom stereocenters. The number of hydrogen-bond donors (Lipinski definition) is 1. The third-order valence-corrected chi connectivity index (χ3v) is 5.61. The lowest BCUT2D eigenvalue weighted by Crippen LogP contribution is -2.13. The van der Waals surface area contributed by atoms with Crippen molar-refractivity contribution in [2.75, 3.05) is 19.0 Å². The van der Waals surface area contributed by atoms with Crippen molar-refractivity contribution in [3.63, 3.8) is 0 Å². The van der Waals surface area contributed by atoms with Gasteiger partial charge in [0.1, 0.15) is 5.75 Å². The molecule has 5 rings (SSSR count). The molecule has 10 nitrogen and oxygen atoms in total. The number of hydrogen-bond acceptors (Lipinski definition) is 8. The van der Waals surface area contributed by atoms with Gasteiger partial charge in [0.25, 0.3) is 5.91 Å². The predicted octanol–water partition coefficient (Wildman–Crippen LogP) is 5.03. The summed E-state index contributed by atoms with van der Waals surface area (Å²) in [5, 5.41) is 7.30. The highest BCUT2D eigenvalue weighted by atomic mass is 16.5. The number of ether oxygens (including phenoxy) is 2. The number of methoxy groups -OCH3 is 1. The topological polar surface area (TPSA) is 121 Å². The summed E-state index contributed by atoms with van der Waals surface area (Å²) in [5.41, 5.74) is 2.79. The zero-order valence-electron chi connectivity index (χ0n) is 20.6. The van der Waals surface area contributed by atoms with Crippen molar-refractivity contribution in [3.05, 3.63) is 96.8 Å². The minimum atomic E-state index is -0.537. The first-order valence-corrected chi connectivity index (χ1v) is 11.8. The number of amides is 1. The summed E-state index contributed by atoms with van der Waals surface area (Å²) in [6.07, 6.45) is 2.87. The molecule has 1 amide bonds. The number of carbonyl (C=O) groups is 2. The number of carbonyl (C=O) groups excluding carboxylic acids is 2. The molecule has 190 valence electrons. The Labute approximate surface area is 217 Å². The van der Waals surface area contributed by atoms with Crippen LogP contribution in [0.3, 0.4) is 0 Å². The van der Waals surface area contributed by atoms with Gasteiger partial charge in [-0.3, -0.25) is 4.79 Å². The van der Waals surface area contributed by atoms with Crippen molar-refractivity contribution < 1.29 is 23.5 Å². The van der Waals surface area contributed by atoms with E-state index in [9.17, 15) is 9.59 Å². The van der Waals surface area contributed by atoms with E-state index in [1.54, 1.807) is 85.6 Å². The van der Waals surface area contributed by atoms with Gasteiger partial charge in [0, 0.05) is 23.0 Å². The lowest BCUT2D eigenvalue weighted by molar-refractivity contribution is 0.0518. The molecule has 0 aliphatic rings. The molecule has 3 heterocycles. The molecule has 0 saturated heterocycles. The fourth-order valence-electron chi connectivity index (χ4n) is 3.85. The third-order valence-electron chi connectivity index (χ3n) is 5.61. The van der Waals surface area contributed by atoms with Crippen molar-refractivity contribution in [1.82, 2.24) is 19.7 Å². The summed E-state index contributed by atoms with van der Waals surface area (Å²) in [7, 11) is 1.58. The number of oxazole rings is 1. The fraction of sp³-hybridized carbons (Fsp3) is 0.107. The first kappa shape index (κ1) is 24.4. The molecular formula is C28H23N5O5. The van der Waals surface area contributed by atoms with E-state index >= 15 is 0 Å². The monoisotopic (exact) mass is 509 g/mol. The second kappa shape index (κ2) is 10.8. The lowest BCUT2D eigenvalue weighted by atomic mass is 10.1. The average Bonchev–Trinajstić information content (AvgIpc) is 3.62. The molecule has 0 fully saturated rings. The van der Waals surface area contributed by atoms with Crippen LogP contribution in [0, 0.1) is 0 Å². The van der Waals surface area contributed by atoms with Gasteiger partial charge in [0.2, 0.25) is 0 Å². The van der Waals surface area contributed by atoms with Crippen LogP contribution in [0.4, 0.5) is 5.69 Å². The van der Waals surface area contributed by atoms with E-state index in [4.69, 9.17) is 13.9 Å². The molecule has 0 spiro atoms. The Morgan fingerprint density at radius 2 is 1.82 bits per heavy atom. The average molecular weight is 510 g/mol. The van der Waals surface area contributed by atoms with Gasteiger partial charge in [0.15, 0.2) is 29.4 Å². The SMILES string of the molecule is CCOC(=O)c1cc(-c2cccc(NC(=O)c3ncoc3-c3ccc(OC)cc3)c2)n(-c2ccccn2)n1. The number of esters is 1. The molecule has 0 radical (unpaired) electrons.